The van der Waals surface area contributed by atoms with Crippen LogP contribution in [0.3, 0.4) is 0 Å². The highest BCUT2D eigenvalue weighted by Crippen LogP contribution is 2.27. The van der Waals surface area contributed by atoms with Gasteiger partial charge in [-0.25, -0.2) is 9.59 Å². The molecule has 26 heavy (non-hydrogen) atoms. The van der Waals surface area contributed by atoms with Crippen LogP contribution in [-0.4, -0.2) is 24.3 Å². The van der Waals surface area contributed by atoms with Crippen LogP contribution >= 0.6 is 0 Å². The van der Waals surface area contributed by atoms with E-state index < -0.39 is 24.3 Å². The predicted octanol–water partition coefficient (Wildman–Crippen LogP) is 4.29. The van der Waals surface area contributed by atoms with Crippen LogP contribution in [0.25, 0.3) is 11.1 Å². The number of ether oxygens (including phenoxy) is 2. The summed E-state index contributed by atoms with van der Waals surface area (Å²) < 4.78 is 80.9. The smallest absolute Gasteiger partial charge is 0.420 e. The van der Waals surface area contributed by atoms with Gasteiger partial charge >= 0.3 is 24.3 Å². The molecule has 0 fully saturated rings. The quantitative estimate of drug-likeness (QED) is 0.454. The normalized spacial score (nSPS) is 11.8. The Morgan fingerprint density at radius 1 is 0.577 bits per heavy atom. The van der Waals surface area contributed by atoms with Crippen molar-refractivity contribution in [2.24, 2.45) is 0 Å². The van der Waals surface area contributed by atoms with Gasteiger partial charge in [0.1, 0.15) is 11.5 Å². The molecule has 0 saturated carbocycles. The molecule has 0 bridgehead atoms. The second kappa shape index (κ2) is 7.06. The Balaban J connectivity index is 2.08. The zero-order valence-electron chi connectivity index (χ0n) is 12.5. The first kappa shape index (κ1) is 19.3. The van der Waals surface area contributed by atoms with Gasteiger partial charge in [0.15, 0.2) is 0 Å². The number of benzene rings is 2. The van der Waals surface area contributed by atoms with Gasteiger partial charge in [-0.05, 0) is 35.4 Å². The first-order valence-electron chi connectivity index (χ1n) is 6.75. The fraction of sp³-hybridized carbons (Fsp3) is 0.125. The van der Waals surface area contributed by atoms with Gasteiger partial charge in [-0.3, -0.25) is 0 Å². The molecule has 0 radical (unpaired) electrons. The van der Waals surface area contributed by atoms with Crippen LogP contribution in [0.2, 0.25) is 0 Å². The lowest BCUT2D eigenvalue weighted by molar-refractivity contribution is -0.189. The van der Waals surface area contributed by atoms with Gasteiger partial charge in [0, 0.05) is 0 Å². The summed E-state index contributed by atoms with van der Waals surface area (Å²) in [7, 11) is 0. The summed E-state index contributed by atoms with van der Waals surface area (Å²) in [4.78, 5) is 21.4. The summed E-state index contributed by atoms with van der Waals surface area (Å²) in [6.07, 6.45) is -10.2. The maximum absolute atomic E-state index is 12.1. The number of carbonyl (C=O) groups is 2. The molecule has 0 spiro atoms. The molecule has 0 aliphatic heterocycles. The van der Waals surface area contributed by atoms with E-state index >= 15 is 0 Å². The second-order valence-electron chi connectivity index (χ2n) is 4.82. The van der Waals surface area contributed by atoms with Crippen LogP contribution in [0.4, 0.5) is 26.3 Å². The van der Waals surface area contributed by atoms with E-state index in [2.05, 4.69) is 9.47 Å². The lowest BCUT2D eigenvalue weighted by Gasteiger charge is -2.09. The van der Waals surface area contributed by atoms with Crippen molar-refractivity contribution in [2.75, 3.05) is 0 Å². The van der Waals surface area contributed by atoms with E-state index in [0.29, 0.717) is 11.1 Å². The van der Waals surface area contributed by atoms with Crippen LogP contribution in [0, 0.1) is 0 Å². The molecular formula is C16H8F6O4. The van der Waals surface area contributed by atoms with Gasteiger partial charge in [0.25, 0.3) is 0 Å². The number of hydrogen-bond donors (Lipinski definition) is 0. The van der Waals surface area contributed by atoms with E-state index in [1.807, 2.05) is 0 Å². The highest BCUT2D eigenvalue weighted by molar-refractivity contribution is 5.79. The minimum absolute atomic E-state index is 0.327. The highest BCUT2D eigenvalue weighted by Gasteiger charge is 2.42. The fourth-order valence-electron chi connectivity index (χ4n) is 1.76. The topological polar surface area (TPSA) is 52.6 Å². The Kier molecular flexibility index (Phi) is 5.24. The minimum Gasteiger partial charge on any atom is -0.420 e. The van der Waals surface area contributed by atoms with Crippen molar-refractivity contribution in [2.45, 2.75) is 12.4 Å². The fourth-order valence-corrected chi connectivity index (χ4v) is 1.76. The van der Waals surface area contributed by atoms with Crippen molar-refractivity contribution in [3.05, 3.63) is 48.5 Å². The lowest BCUT2D eigenvalue weighted by atomic mass is 10.1. The van der Waals surface area contributed by atoms with E-state index in [-0.39, 0.29) is 11.5 Å². The first-order chi connectivity index (χ1) is 12.0. The molecule has 0 amide bonds. The van der Waals surface area contributed by atoms with Crippen molar-refractivity contribution in [1.29, 1.82) is 0 Å². The van der Waals surface area contributed by atoms with Gasteiger partial charge in [-0.2, -0.15) is 26.3 Å². The van der Waals surface area contributed by atoms with Crippen molar-refractivity contribution in [3.63, 3.8) is 0 Å². The molecule has 4 nitrogen and oxygen atoms in total. The Morgan fingerprint density at radius 3 is 1.08 bits per heavy atom. The van der Waals surface area contributed by atoms with E-state index in [1.54, 1.807) is 0 Å². The first-order valence-corrected chi connectivity index (χ1v) is 6.75. The summed E-state index contributed by atoms with van der Waals surface area (Å²) in [6.45, 7) is 0. The summed E-state index contributed by atoms with van der Waals surface area (Å²) in [5.41, 5.74) is 0.955. The van der Waals surface area contributed by atoms with Gasteiger partial charge in [0.05, 0.1) is 0 Å². The van der Waals surface area contributed by atoms with Crippen molar-refractivity contribution < 1.29 is 45.4 Å². The molecule has 2 aromatic carbocycles. The summed E-state index contributed by atoms with van der Waals surface area (Å²) in [6, 6.07) is 9.86. The molecule has 0 atom stereocenters. The van der Waals surface area contributed by atoms with Crippen molar-refractivity contribution in [3.8, 4) is 22.6 Å². The average Bonchev–Trinajstić information content (AvgIpc) is 2.54. The summed E-state index contributed by atoms with van der Waals surface area (Å²) >= 11 is 0. The molecule has 0 heterocycles. The van der Waals surface area contributed by atoms with Crippen LogP contribution in [0.1, 0.15) is 0 Å². The monoisotopic (exact) mass is 378 g/mol. The number of rotatable bonds is 3. The molecule has 0 N–H and O–H groups in total. The van der Waals surface area contributed by atoms with Crippen LogP contribution in [0.5, 0.6) is 11.5 Å². The molecule has 0 unspecified atom stereocenters. The molecule has 2 rings (SSSR count). The van der Waals surface area contributed by atoms with Gasteiger partial charge in [0.2, 0.25) is 0 Å². The van der Waals surface area contributed by atoms with Gasteiger partial charge in [-0.1, -0.05) is 24.3 Å². The third kappa shape index (κ3) is 4.98. The summed E-state index contributed by atoms with van der Waals surface area (Å²) in [5, 5.41) is 0. The van der Waals surface area contributed by atoms with Crippen LogP contribution in [-0.2, 0) is 9.59 Å². The Morgan fingerprint density at radius 2 is 0.846 bits per heavy atom. The highest BCUT2D eigenvalue weighted by atomic mass is 19.4. The molecule has 138 valence electrons. The molecule has 0 saturated heterocycles. The average molecular weight is 378 g/mol. The molecular weight excluding hydrogens is 370 g/mol. The van der Waals surface area contributed by atoms with Crippen molar-refractivity contribution in [1.82, 2.24) is 0 Å². The maximum Gasteiger partial charge on any atom is 0.491 e. The van der Waals surface area contributed by atoms with Gasteiger partial charge in [-0.15, -0.1) is 0 Å². The van der Waals surface area contributed by atoms with Crippen molar-refractivity contribution >= 4 is 11.9 Å². The molecule has 0 aliphatic rings. The van der Waals surface area contributed by atoms with Crippen LogP contribution < -0.4 is 9.47 Å². The lowest BCUT2D eigenvalue weighted by Crippen LogP contribution is -2.27. The second-order valence-corrected chi connectivity index (χ2v) is 4.82. The number of hydrogen-bond acceptors (Lipinski definition) is 4. The standard InChI is InChI=1S/C16H8F6O4/c17-15(18,19)13(23)25-11-5-1-9(2-6-11)10-3-7-12(8-4-10)26-14(24)16(20,21)22/h1-8H. The zero-order valence-corrected chi connectivity index (χ0v) is 12.5. The van der Waals surface area contributed by atoms with Crippen LogP contribution in [0.15, 0.2) is 48.5 Å². The van der Waals surface area contributed by atoms with E-state index in [9.17, 15) is 35.9 Å². The Labute approximate surface area is 141 Å². The molecule has 2 aromatic rings. The third-order valence-electron chi connectivity index (χ3n) is 2.93. The minimum atomic E-state index is -5.12. The SMILES string of the molecule is O=C(Oc1ccc(-c2ccc(OC(=O)C(F)(F)F)cc2)cc1)C(F)(F)F. The van der Waals surface area contributed by atoms with E-state index in [4.69, 9.17) is 0 Å². The Bertz CT molecular complexity index is 722. The van der Waals surface area contributed by atoms with E-state index in [0.717, 1.165) is 24.3 Å². The predicted molar refractivity (Wildman–Crippen MR) is 75.3 cm³/mol. The largest absolute Gasteiger partial charge is 0.491 e. The van der Waals surface area contributed by atoms with E-state index in [1.165, 1.54) is 24.3 Å². The number of alkyl halides is 6. The molecule has 0 aromatic heterocycles. The zero-order chi connectivity index (χ0) is 19.5. The van der Waals surface area contributed by atoms with Gasteiger partial charge < -0.3 is 9.47 Å². The molecule has 0 aliphatic carbocycles. The molecule has 10 heteroatoms. The Hall–Kier alpha value is -3.04. The third-order valence-corrected chi connectivity index (χ3v) is 2.93. The number of carbonyl (C=O) groups excluding carboxylic acids is 2. The summed E-state index contributed by atoms with van der Waals surface area (Å²) in [5.74, 6) is -5.37. The number of halogens is 6. The number of esters is 2. The maximum atomic E-state index is 12.1.